The molecule has 1 heteroatoms. The van der Waals surface area contributed by atoms with Crippen LogP contribution < -0.4 is 4.90 Å². The van der Waals surface area contributed by atoms with Crippen molar-refractivity contribution in [3.8, 4) is 55.6 Å². The highest BCUT2D eigenvalue weighted by molar-refractivity contribution is 6.22. The summed E-state index contributed by atoms with van der Waals surface area (Å²) in [6.07, 6.45) is 0. The quantitative estimate of drug-likeness (QED) is 0.138. The second kappa shape index (κ2) is 16.5. The molecule has 0 spiro atoms. The Morgan fingerprint density at radius 1 is 0.275 bits per heavy atom. The van der Waals surface area contributed by atoms with Gasteiger partial charge in [-0.15, -0.1) is 0 Å². The van der Waals surface area contributed by atoms with E-state index in [1.807, 2.05) is 0 Å². The fraction of sp³-hybridized carbons (Fsp3) is 0.0294. The van der Waals surface area contributed by atoms with Gasteiger partial charge in [-0.1, -0.05) is 224 Å². The number of hydrogen-bond donors (Lipinski definition) is 0. The lowest BCUT2D eigenvalue weighted by Gasteiger charge is -2.31. The Morgan fingerprint density at radius 2 is 0.754 bits per heavy atom. The number of fused-ring (bicyclic) bond motifs is 7. The molecular formula is C68H47N. The summed E-state index contributed by atoms with van der Waals surface area (Å²) < 4.78 is 0. The van der Waals surface area contributed by atoms with Crippen molar-refractivity contribution in [2.24, 2.45) is 0 Å². The van der Waals surface area contributed by atoms with Gasteiger partial charge in [0.2, 0.25) is 0 Å². The highest BCUT2D eigenvalue weighted by atomic mass is 15.1. The van der Waals surface area contributed by atoms with Crippen molar-refractivity contribution < 1.29 is 0 Å². The summed E-state index contributed by atoms with van der Waals surface area (Å²) in [5.41, 5.74) is 19.2. The number of nitrogens with zero attached hydrogens (tertiary/aromatic N) is 1. The first-order valence-electron chi connectivity index (χ1n) is 24.0. The van der Waals surface area contributed by atoms with Crippen LogP contribution in [0, 0.1) is 0 Å². The molecule has 0 heterocycles. The minimum absolute atomic E-state index is 0.342. The van der Waals surface area contributed by atoms with Crippen LogP contribution in [0.1, 0.15) is 23.6 Å². The second-order valence-corrected chi connectivity index (χ2v) is 18.5. The number of rotatable bonds is 8. The molecule has 1 nitrogen and oxygen atoms in total. The summed E-state index contributed by atoms with van der Waals surface area (Å²) in [7, 11) is 0. The van der Waals surface area contributed by atoms with Gasteiger partial charge in [0.05, 0.1) is 0 Å². The van der Waals surface area contributed by atoms with Gasteiger partial charge in [0.25, 0.3) is 0 Å². The molecular weight excluding hydrogens is 831 g/mol. The molecule has 1 atom stereocenters. The van der Waals surface area contributed by atoms with Crippen molar-refractivity contribution in [2.75, 3.05) is 4.90 Å². The zero-order valence-electron chi connectivity index (χ0n) is 38.4. The largest absolute Gasteiger partial charge is 0.310 e. The van der Waals surface area contributed by atoms with Gasteiger partial charge in [-0.3, -0.25) is 0 Å². The van der Waals surface area contributed by atoms with Crippen LogP contribution in [0.4, 0.5) is 17.1 Å². The first kappa shape index (κ1) is 40.5. The van der Waals surface area contributed by atoms with Crippen molar-refractivity contribution in [1.29, 1.82) is 0 Å². The molecule has 0 saturated heterocycles. The molecule has 0 N–H and O–H groups in total. The first-order valence-corrected chi connectivity index (χ1v) is 24.0. The molecule has 69 heavy (non-hydrogen) atoms. The molecule has 12 aromatic carbocycles. The lowest BCUT2D eigenvalue weighted by Crippen LogP contribution is -2.22. The molecule has 0 aromatic heterocycles. The van der Waals surface area contributed by atoms with Crippen molar-refractivity contribution in [3.63, 3.8) is 0 Å². The third kappa shape index (κ3) is 6.77. The molecule has 12 aromatic rings. The zero-order valence-corrected chi connectivity index (χ0v) is 38.4. The van der Waals surface area contributed by atoms with E-state index in [2.05, 4.69) is 279 Å². The Bertz CT molecular complexity index is 3870. The van der Waals surface area contributed by atoms with E-state index in [4.69, 9.17) is 0 Å². The third-order valence-corrected chi connectivity index (χ3v) is 14.7. The van der Waals surface area contributed by atoms with E-state index >= 15 is 0 Å². The van der Waals surface area contributed by atoms with Gasteiger partial charge in [-0.2, -0.15) is 0 Å². The van der Waals surface area contributed by atoms with E-state index in [9.17, 15) is 0 Å². The van der Waals surface area contributed by atoms with Gasteiger partial charge < -0.3 is 4.90 Å². The smallest absolute Gasteiger partial charge is 0.0468 e. The summed E-state index contributed by atoms with van der Waals surface area (Å²) in [5, 5.41) is 7.45. The lowest BCUT2D eigenvalue weighted by molar-refractivity contribution is 0.714. The van der Waals surface area contributed by atoms with Crippen LogP contribution in [0.25, 0.3) is 88.0 Å². The van der Waals surface area contributed by atoms with Gasteiger partial charge >= 0.3 is 0 Å². The maximum absolute atomic E-state index is 2.47. The SMILES string of the molecule is CC1(c2ccccc2)c2ccccc2-c2ccc(N(c3ccc(-c4ccc(-c5ccc6ccccc6c5)cc4)cc3)c3ccc4c(c3)c(-c3ccccc3)c(-c3ccccc3)c3ccccc34)cc21. The van der Waals surface area contributed by atoms with E-state index in [0.717, 1.165) is 17.1 Å². The average Bonchev–Trinajstić information content (AvgIpc) is 3.69. The van der Waals surface area contributed by atoms with Gasteiger partial charge in [-0.05, 0) is 154 Å². The van der Waals surface area contributed by atoms with E-state index in [1.165, 1.54) is 105 Å². The Kier molecular flexibility index (Phi) is 9.70. The molecule has 0 bridgehead atoms. The Balaban J connectivity index is 0.999. The standard InChI is InChI=1S/C68H47N/c1-68(54-23-9-4-10-24-54)64-28-16-15-26-60(64)61-42-40-57(45-65(61)68)69(55-37-35-48(36-38-55)47-29-31-49(32-30-47)53-34-33-46-17-11-12-22-52(46)43-53)56-39-41-59-58-25-13-14-27-62(58)66(50-18-5-2-6-19-50)67(63(59)44-56)51-20-7-3-8-21-51/h2-45H,1H3. The van der Waals surface area contributed by atoms with Crippen molar-refractivity contribution in [1.82, 2.24) is 0 Å². The first-order chi connectivity index (χ1) is 34.1. The molecule has 0 amide bonds. The normalized spacial score (nSPS) is 13.9. The number of hydrogen-bond acceptors (Lipinski definition) is 1. The molecule has 0 fully saturated rings. The van der Waals surface area contributed by atoms with Gasteiger partial charge in [-0.25, -0.2) is 0 Å². The van der Waals surface area contributed by atoms with Crippen LogP contribution in [0.5, 0.6) is 0 Å². The molecule has 1 unspecified atom stereocenters. The average molecular weight is 878 g/mol. The highest BCUT2D eigenvalue weighted by Crippen LogP contribution is 2.54. The predicted molar refractivity (Wildman–Crippen MR) is 293 cm³/mol. The maximum atomic E-state index is 2.47. The summed E-state index contributed by atoms with van der Waals surface area (Å²) in [5.74, 6) is 0. The van der Waals surface area contributed by atoms with Crippen molar-refractivity contribution >= 4 is 49.4 Å². The van der Waals surface area contributed by atoms with Crippen LogP contribution in [-0.2, 0) is 5.41 Å². The van der Waals surface area contributed by atoms with E-state index in [1.54, 1.807) is 0 Å². The molecule has 0 saturated carbocycles. The predicted octanol–water partition coefficient (Wildman–Crippen LogP) is 18.6. The van der Waals surface area contributed by atoms with E-state index in [-0.39, 0.29) is 5.41 Å². The lowest BCUT2D eigenvalue weighted by atomic mass is 9.74. The van der Waals surface area contributed by atoms with Gasteiger partial charge in [0.1, 0.15) is 0 Å². The van der Waals surface area contributed by atoms with E-state index < -0.39 is 0 Å². The monoisotopic (exact) mass is 877 g/mol. The number of anilines is 3. The van der Waals surface area contributed by atoms with E-state index in [0.29, 0.717) is 0 Å². The summed E-state index contributed by atoms with van der Waals surface area (Å²) >= 11 is 0. The Hall–Kier alpha value is -8.78. The minimum atomic E-state index is -0.342. The van der Waals surface area contributed by atoms with Crippen LogP contribution in [0.3, 0.4) is 0 Å². The summed E-state index contributed by atoms with van der Waals surface area (Å²) in [6.45, 7) is 2.40. The highest BCUT2D eigenvalue weighted by Gasteiger charge is 2.41. The maximum Gasteiger partial charge on any atom is 0.0468 e. The molecule has 13 rings (SSSR count). The summed E-state index contributed by atoms with van der Waals surface area (Å²) in [4.78, 5) is 2.47. The molecule has 324 valence electrons. The van der Waals surface area contributed by atoms with Crippen LogP contribution in [0.2, 0.25) is 0 Å². The fourth-order valence-corrected chi connectivity index (χ4v) is 11.3. The van der Waals surface area contributed by atoms with Gasteiger partial charge in [0, 0.05) is 22.5 Å². The van der Waals surface area contributed by atoms with Gasteiger partial charge in [0.15, 0.2) is 0 Å². The van der Waals surface area contributed by atoms with Crippen LogP contribution in [-0.4, -0.2) is 0 Å². The molecule has 1 aliphatic carbocycles. The Morgan fingerprint density at radius 3 is 1.46 bits per heavy atom. The third-order valence-electron chi connectivity index (χ3n) is 14.7. The van der Waals surface area contributed by atoms with Crippen LogP contribution in [0.15, 0.2) is 267 Å². The molecule has 0 aliphatic heterocycles. The number of benzene rings is 12. The molecule has 1 aliphatic rings. The summed E-state index contributed by atoms with van der Waals surface area (Å²) in [6, 6.07) is 98.4. The molecule has 0 radical (unpaired) electrons. The minimum Gasteiger partial charge on any atom is -0.310 e. The fourth-order valence-electron chi connectivity index (χ4n) is 11.3. The van der Waals surface area contributed by atoms with Crippen molar-refractivity contribution in [2.45, 2.75) is 12.3 Å². The zero-order chi connectivity index (χ0) is 45.9. The second-order valence-electron chi connectivity index (χ2n) is 18.5. The Labute approximate surface area is 403 Å². The topological polar surface area (TPSA) is 3.24 Å². The van der Waals surface area contributed by atoms with Crippen molar-refractivity contribution in [3.05, 3.63) is 284 Å². The van der Waals surface area contributed by atoms with Crippen LogP contribution >= 0.6 is 0 Å².